The largest absolute Gasteiger partial charge is 0.396 e. The van der Waals surface area contributed by atoms with Crippen LogP contribution in [0.15, 0.2) is 4.99 Å². The number of aliphatic hydroxyl groups is 1. The molecule has 0 unspecified atom stereocenters. The molecule has 1 aliphatic rings. The molecule has 0 amide bonds. The van der Waals surface area contributed by atoms with Crippen molar-refractivity contribution in [2.45, 2.75) is 76.8 Å². The molecule has 1 fully saturated rings. The van der Waals surface area contributed by atoms with Crippen LogP contribution in [0.5, 0.6) is 0 Å². The summed E-state index contributed by atoms with van der Waals surface area (Å²) in [5.74, 6) is 0. The van der Waals surface area contributed by atoms with Crippen molar-refractivity contribution in [3.05, 3.63) is 0 Å². The molecule has 0 heterocycles. The SMILES string of the molecule is CCCCCCO.C[C@]1(N=C=N)CCC[C@@H](N)C1. The average molecular weight is 255 g/mol. The van der Waals surface area contributed by atoms with Crippen molar-refractivity contribution in [3.8, 4) is 0 Å². The summed E-state index contributed by atoms with van der Waals surface area (Å²) in [5.41, 5.74) is 5.69. The van der Waals surface area contributed by atoms with Gasteiger partial charge in [0.15, 0.2) is 0 Å². The zero-order chi connectivity index (χ0) is 13.9. The number of nitrogens with two attached hydrogens (primary N) is 1. The van der Waals surface area contributed by atoms with E-state index in [0.29, 0.717) is 6.61 Å². The van der Waals surface area contributed by atoms with Crippen LogP contribution in [-0.2, 0) is 0 Å². The number of nitrogens with one attached hydrogen (secondary N) is 1. The highest BCUT2D eigenvalue weighted by Crippen LogP contribution is 2.29. The molecule has 1 aliphatic carbocycles. The minimum absolute atomic E-state index is 0.0978. The molecule has 0 aromatic heterocycles. The van der Waals surface area contributed by atoms with Crippen LogP contribution < -0.4 is 5.73 Å². The predicted molar refractivity (Wildman–Crippen MR) is 76.2 cm³/mol. The number of hydrogen-bond acceptors (Lipinski definition) is 4. The second-order valence-corrected chi connectivity index (χ2v) is 5.36. The van der Waals surface area contributed by atoms with Crippen LogP contribution in [0.3, 0.4) is 0 Å². The van der Waals surface area contributed by atoms with Gasteiger partial charge in [-0.05, 0) is 39.0 Å². The molecule has 2 atom stereocenters. The van der Waals surface area contributed by atoms with Gasteiger partial charge >= 0.3 is 0 Å². The van der Waals surface area contributed by atoms with Crippen LogP contribution in [0.25, 0.3) is 0 Å². The van der Waals surface area contributed by atoms with Crippen molar-refractivity contribution in [3.63, 3.8) is 0 Å². The van der Waals surface area contributed by atoms with Gasteiger partial charge in [-0.25, -0.2) is 10.4 Å². The van der Waals surface area contributed by atoms with Gasteiger partial charge in [-0.2, -0.15) is 0 Å². The van der Waals surface area contributed by atoms with Crippen LogP contribution in [0.2, 0.25) is 0 Å². The highest BCUT2D eigenvalue weighted by atomic mass is 16.2. The highest BCUT2D eigenvalue weighted by Gasteiger charge is 2.29. The van der Waals surface area contributed by atoms with E-state index in [1.165, 1.54) is 19.3 Å². The smallest absolute Gasteiger partial charge is 0.0867 e. The third-order valence-electron chi connectivity index (χ3n) is 3.33. The van der Waals surface area contributed by atoms with Crippen LogP contribution in [0.4, 0.5) is 0 Å². The molecule has 0 radical (unpaired) electrons. The van der Waals surface area contributed by atoms with Gasteiger partial charge in [0.1, 0.15) is 0 Å². The highest BCUT2D eigenvalue weighted by molar-refractivity contribution is 5.37. The van der Waals surface area contributed by atoms with E-state index in [-0.39, 0.29) is 11.6 Å². The Morgan fingerprint density at radius 2 is 2.17 bits per heavy atom. The number of aliphatic hydroxyl groups excluding tert-OH is 1. The minimum Gasteiger partial charge on any atom is -0.396 e. The van der Waals surface area contributed by atoms with E-state index < -0.39 is 0 Å². The first-order valence-corrected chi connectivity index (χ1v) is 7.08. The van der Waals surface area contributed by atoms with Crippen LogP contribution in [0, 0.1) is 5.41 Å². The molecule has 18 heavy (non-hydrogen) atoms. The Hall–Kier alpha value is -0.700. The van der Waals surface area contributed by atoms with Crippen LogP contribution in [0.1, 0.15) is 65.2 Å². The Morgan fingerprint density at radius 3 is 2.67 bits per heavy atom. The summed E-state index contributed by atoms with van der Waals surface area (Å²) in [4.78, 5) is 4.00. The summed E-state index contributed by atoms with van der Waals surface area (Å²) in [6, 6.07) is 2.39. The Morgan fingerprint density at radius 1 is 1.44 bits per heavy atom. The van der Waals surface area contributed by atoms with Gasteiger partial charge in [0.25, 0.3) is 0 Å². The number of unbranched alkanes of at least 4 members (excludes halogenated alkanes) is 3. The number of hydrogen-bond donors (Lipinski definition) is 3. The molecule has 0 aliphatic heterocycles. The first-order chi connectivity index (χ1) is 8.58. The van der Waals surface area contributed by atoms with E-state index in [1.807, 2.05) is 6.92 Å². The van der Waals surface area contributed by atoms with Gasteiger partial charge in [0, 0.05) is 12.6 Å². The van der Waals surface area contributed by atoms with Crippen molar-refractivity contribution < 1.29 is 5.11 Å². The molecular weight excluding hydrogens is 226 g/mol. The maximum Gasteiger partial charge on any atom is 0.0867 e. The standard InChI is InChI=1S/C8H15N3.C6H14O/c1-8(11-6-9)4-2-3-7(10)5-8;1-2-3-4-5-6-7/h7,9H,2-5,10H2,1H3;7H,2-6H2,1H3/t7-,8+;/m1./s1. The molecular formula is C14H29N3O. The summed E-state index contributed by atoms with van der Waals surface area (Å²) < 4.78 is 0. The summed E-state index contributed by atoms with van der Waals surface area (Å²) in [7, 11) is 0. The molecule has 0 spiro atoms. The third-order valence-corrected chi connectivity index (χ3v) is 3.33. The second-order valence-electron chi connectivity index (χ2n) is 5.36. The normalized spacial score (nSPS) is 26.8. The predicted octanol–water partition coefficient (Wildman–Crippen LogP) is 2.96. The van der Waals surface area contributed by atoms with Gasteiger partial charge < -0.3 is 10.8 Å². The van der Waals surface area contributed by atoms with E-state index in [0.717, 1.165) is 32.1 Å². The van der Waals surface area contributed by atoms with E-state index in [1.54, 1.807) is 0 Å². The Kier molecular flexibility index (Phi) is 9.85. The molecule has 1 rings (SSSR count). The quantitative estimate of drug-likeness (QED) is 0.521. The van der Waals surface area contributed by atoms with E-state index in [4.69, 9.17) is 16.2 Å². The van der Waals surface area contributed by atoms with Gasteiger partial charge in [-0.3, -0.25) is 0 Å². The summed E-state index contributed by atoms with van der Waals surface area (Å²) in [6.07, 6.45) is 8.86. The van der Waals surface area contributed by atoms with Crippen LogP contribution >= 0.6 is 0 Å². The molecule has 4 heteroatoms. The monoisotopic (exact) mass is 255 g/mol. The van der Waals surface area contributed by atoms with Crippen molar-refractivity contribution in [2.75, 3.05) is 6.61 Å². The lowest BCUT2D eigenvalue weighted by Gasteiger charge is -2.31. The molecule has 4 N–H and O–H groups in total. The van der Waals surface area contributed by atoms with Crippen molar-refractivity contribution in [1.29, 1.82) is 5.41 Å². The molecule has 4 nitrogen and oxygen atoms in total. The van der Waals surface area contributed by atoms with Crippen molar-refractivity contribution in [1.82, 2.24) is 0 Å². The maximum atomic E-state index is 8.29. The lowest BCUT2D eigenvalue weighted by atomic mass is 9.81. The molecule has 0 bridgehead atoms. The first kappa shape index (κ1) is 17.3. The Bertz CT molecular complexity index is 247. The Labute approximate surface area is 111 Å². The third kappa shape index (κ3) is 8.40. The lowest BCUT2D eigenvalue weighted by molar-refractivity contribution is 0.283. The molecule has 0 aromatic rings. The fraction of sp³-hybridized carbons (Fsp3) is 0.929. The maximum absolute atomic E-state index is 8.29. The van der Waals surface area contributed by atoms with Gasteiger partial charge in [-0.15, -0.1) is 0 Å². The number of rotatable bonds is 5. The average Bonchev–Trinajstić information content (AvgIpc) is 2.30. The number of aliphatic imine (C=N–C) groups is 1. The fourth-order valence-electron chi connectivity index (χ4n) is 2.29. The second kappa shape index (κ2) is 10.2. The zero-order valence-corrected chi connectivity index (χ0v) is 11.9. The first-order valence-electron chi connectivity index (χ1n) is 7.08. The zero-order valence-electron chi connectivity index (χ0n) is 11.9. The minimum atomic E-state index is -0.0978. The van der Waals surface area contributed by atoms with E-state index >= 15 is 0 Å². The molecule has 106 valence electrons. The molecule has 0 aromatic carbocycles. The molecule has 0 saturated heterocycles. The summed E-state index contributed by atoms with van der Waals surface area (Å²) in [6.45, 7) is 4.57. The fourth-order valence-corrected chi connectivity index (χ4v) is 2.29. The summed E-state index contributed by atoms with van der Waals surface area (Å²) in [5, 5.41) is 15.1. The lowest BCUT2D eigenvalue weighted by Crippen LogP contribution is -2.37. The summed E-state index contributed by atoms with van der Waals surface area (Å²) >= 11 is 0. The van der Waals surface area contributed by atoms with Gasteiger partial charge in [0.2, 0.25) is 0 Å². The number of nitrogens with zero attached hydrogens (tertiary/aromatic N) is 1. The topological polar surface area (TPSA) is 82.5 Å². The van der Waals surface area contributed by atoms with Crippen molar-refractivity contribution >= 4 is 6.01 Å². The molecule has 1 saturated carbocycles. The Balaban J connectivity index is 0.000000360. The van der Waals surface area contributed by atoms with E-state index in [9.17, 15) is 0 Å². The van der Waals surface area contributed by atoms with Gasteiger partial charge in [0.05, 0.1) is 11.5 Å². The van der Waals surface area contributed by atoms with E-state index in [2.05, 4.69) is 17.9 Å². The van der Waals surface area contributed by atoms with Crippen molar-refractivity contribution in [2.24, 2.45) is 10.7 Å². The van der Waals surface area contributed by atoms with Crippen LogP contribution in [-0.4, -0.2) is 29.3 Å². The van der Waals surface area contributed by atoms with Gasteiger partial charge in [-0.1, -0.05) is 26.2 Å².